The molecule has 102 valence electrons. The highest BCUT2D eigenvalue weighted by Crippen LogP contribution is 1.82. The maximum Gasteiger partial charge on any atom is 0.322 e. The SMILES string of the molecule is O=C(O)CNC(=O)CNC(=O)CNC(=O)CCS. The van der Waals surface area contributed by atoms with Gasteiger partial charge in [0.15, 0.2) is 0 Å². The third-order valence-electron chi connectivity index (χ3n) is 1.67. The van der Waals surface area contributed by atoms with E-state index >= 15 is 0 Å². The number of carbonyl (C=O) groups excluding carboxylic acids is 3. The molecule has 0 radical (unpaired) electrons. The summed E-state index contributed by atoms with van der Waals surface area (Å²) >= 11 is 3.85. The van der Waals surface area contributed by atoms with Crippen LogP contribution in [0.4, 0.5) is 0 Å². The number of thiol groups is 1. The van der Waals surface area contributed by atoms with Crippen molar-refractivity contribution >= 4 is 36.3 Å². The average Bonchev–Trinajstić information content (AvgIpc) is 2.31. The van der Waals surface area contributed by atoms with Crippen LogP contribution in [-0.4, -0.2) is 54.2 Å². The third-order valence-corrected chi connectivity index (χ3v) is 1.89. The number of carbonyl (C=O) groups is 4. The number of carboxylic acid groups (broad SMARTS) is 1. The molecule has 0 aromatic rings. The fourth-order valence-electron chi connectivity index (χ4n) is 0.847. The predicted molar refractivity (Wildman–Crippen MR) is 65.1 cm³/mol. The lowest BCUT2D eigenvalue weighted by molar-refractivity contribution is -0.137. The second kappa shape index (κ2) is 9.28. The van der Waals surface area contributed by atoms with E-state index in [1.54, 1.807) is 0 Å². The minimum atomic E-state index is -1.17. The first-order valence-electron chi connectivity index (χ1n) is 5.08. The Morgan fingerprint density at radius 2 is 1.28 bits per heavy atom. The molecule has 0 rings (SSSR count). The van der Waals surface area contributed by atoms with Gasteiger partial charge in [-0.2, -0.15) is 12.6 Å². The van der Waals surface area contributed by atoms with E-state index in [4.69, 9.17) is 5.11 Å². The van der Waals surface area contributed by atoms with E-state index in [0.29, 0.717) is 5.75 Å². The van der Waals surface area contributed by atoms with E-state index in [1.807, 2.05) is 0 Å². The van der Waals surface area contributed by atoms with Gasteiger partial charge in [0.05, 0.1) is 13.1 Å². The molecule has 0 spiro atoms. The van der Waals surface area contributed by atoms with Crippen molar-refractivity contribution in [3.63, 3.8) is 0 Å². The van der Waals surface area contributed by atoms with Crippen molar-refractivity contribution in [2.45, 2.75) is 6.42 Å². The molecule has 18 heavy (non-hydrogen) atoms. The van der Waals surface area contributed by atoms with Gasteiger partial charge in [-0.3, -0.25) is 19.2 Å². The van der Waals surface area contributed by atoms with E-state index < -0.39 is 24.3 Å². The van der Waals surface area contributed by atoms with Gasteiger partial charge in [0.1, 0.15) is 6.54 Å². The second-order valence-electron chi connectivity index (χ2n) is 3.20. The van der Waals surface area contributed by atoms with Gasteiger partial charge in [-0.25, -0.2) is 0 Å². The predicted octanol–water partition coefficient (Wildman–Crippen LogP) is -2.26. The zero-order chi connectivity index (χ0) is 14.0. The molecule has 0 heterocycles. The summed E-state index contributed by atoms with van der Waals surface area (Å²) in [4.78, 5) is 43.3. The molecule has 0 saturated carbocycles. The van der Waals surface area contributed by atoms with Crippen molar-refractivity contribution in [1.29, 1.82) is 0 Å². The van der Waals surface area contributed by atoms with Gasteiger partial charge in [-0.05, 0) is 5.75 Å². The first kappa shape index (κ1) is 16.2. The number of rotatable bonds is 8. The van der Waals surface area contributed by atoms with Crippen molar-refractivity contribution in [2.24, 2.45) is 0 Å². The maximum absolute atomic E-state index is 11.2. The van der Waals surface area contributed by atoms with Crippen LogP contribution < -0.4 is 16.0 Å². The maximum atomic E-state index is 11.2. The summed E-state index contributed by atoms with van der Waals surface area (Å²) < 4.78 is 0. The molecule has 0 bridgehead atoms. The van der Waals surface area contributed by atoms with Gasteiger partial charge in [0, 0.05) is 6.42 Å². The highest BCUT2D eigenvalue weighted by atomic mass is 32.1. The summed E-state index contributed by atoms with van der Waals surface area (Å²) in [6.45, 7) is -1.08. The third kappa shape index (κ3) is 9.46. The van der Waals surface area contributed by atoms with Crippen LogP contribution in [0.1, 0.15) is 6.42 Å². The highest BCUT2D eigenvalue weighted by Gasteiger charge is 2.07. The molecule has 0 unspecified atom stereocenters. The molecule has 3 amide bonds. The lowest BCUT2D eigenvalue weighted by Gasteiger charge is -2.06. The van der Waals surface area contributed by atoms with Crippen LogP contribution in [0.2, 0.25) is 0 Å². The summed E-state index contributed by atoms with van der Waals surface area (Å²) in [5.74, 6) is -2.25. The fourth-order valence-corrected chi connectivity index (χ4v) is 1.05. The average molecular weight is 277 g/mol. The van der Waals surface area contributed by atoms with E-state index in [-0.39, 0.29) is 25.4 Å². The van der Waals surface area contributed by atoms with E-state index in [1.165, 1.54) is 0 Å². The summed E-state index contributed by atoms with van der Waals surface area (Å²) in [6.07, 6.45) is 0.204. The summed E-state index contributed by atoms with van der Waals surface area (Å²) in [5, 5.41) is 14.9. The van der Waals surface area contributed by atoms with Gasteiger partial charge in [-0.15, -0.1) is 0 Å². The zero-order valence-corrected chi connectivity index (χ0v) is 10.5. The van der Waals surface area contributed by atoms with Crippen molar-refractivity contribution in [3.05, 3.63) is 0 Å². The number of hydrogen-bond donors (Lipinski definition) is 5. The van der Waals surface area contributed by atoms with Crippen molar-refractivity contribution in [2.75, 3.05) is 25.4 Å². The number of carboxylic acids is 1. The highest BCUT2D eigenvalue weighted by molar-refractivity contribution is 7.80. The molecule has 0 aromatic carbocycles. The van der Waals surface area contributed by atoms with Gasteiger partial charge in [0.2, 0.25) is 17.7 Å². The molecule has 0 fully saturated rings. The van der Waals surface area contributed by atoms with Crippen molar-refractivity contribution in [1.82, 2.24) is 16.0 Å². The number of amides is 3. The summed E-state index contributed by atoms with van der Waals surface area (Å²) in [5.41, 5.74) is 0. The van der Waals surface area contributed by atoms with Crippen LogP contribution in [0.5, 0.6) is 0 Å². The van der Waals surface area contributed by atoms with Crippen LogP contribution in [0, 0.1) is 0 Å². The molecular weight excluding hydrogens is 262 g/mol. The normalized spacial score (nSPS) is 9.39. The monoisotopic (exact) mass is 277 g/mol. The Kier molecular flexibility index (Phi) is 8.37. The minimum absolute atomic E-state index is 0.204. The molecule has 0 saturated heterocycles. The summed E-state index contributed by atoms with van der Waals surface area (Å²) in [7, 11) is 0. The van der Waals surface area contributed by atoms with Crippen LogP contribution in [0.25, 0.3) is 0 Å². The van der Waals surface area contributed by atoms with E-state index in [9.17, 15) is 19.2 Å². The van der Waals surface area contributed by atoms with Crippen molar-refractivity contribution < 1.29 is 24.3 Å². The Labute approximate surface area is 109 Å². The standard InChI is InChI=1S/C9H15N3O5S/c13-6(1-2-18)10-3-7(14)11-4-8(15)12-5-9(16)17/h18H,1-5H2,(H,10,13)(H,11,14)(H,12,15)(H,16,17). The van der Waals surface area contributed by atoms with Gasteiger partial charge in [0.25, 0.3) is 0 Å². The fraction of sp³-hybridized carbons (Fsp3) is 0.556. The van der Waals surface area contributed by atoms with E-state index in [2.05, 4.69) is 28.6 Å². The van der Waals surface area contributed by atoms with Crippen LogP contribution in [-0.2, 0) is 19.2 Å². The van der Waals surface area contributed by atoms with Crippen LogP contribution >= 0.6 is 12.6 Å². The molecule has 8 nitrogen and oxygen atoms in total. The van der Waals surface area contributed by atoms with Gasteiger partial charge in [-0.1, -0.05) is 0 Å². The Morgan fingerprint density at radius 3 is 1.72 bits per heavy atom. The Bertz CT molecular complexity index is 334. The first-order chi connectivity index (χ1) is 8.45. The Hall–Kier alpha value is -1.77. The van der Waals surface area contributed by atoms with E-state index in [0.717, 1.165) is 0 Å². The topological polar surface area (TPSA) is 125 Å². The molecule has 0 aliphatic rings. The molecule has 0 aromatic heterocycles. The molecule has 0 aliphatic heterocycles. The quantitative estimate of drug-likeness (QED) is 0.320. The Morgan fingerprint density at radius 1 is 0.833 bits per heavy atom. The smallest absolute Gasteiger partial charge is 0.322 e. The molecule has 9 heteroatoms. The summed E-state index contributed by atoms with van der Waals surface area (Å²) in [6, 6.07) is 0. The zero-order valence-electron chi connectivity index (χ0n) is 9.56. The number of nitrogens with one attached hydrogen (secondary N) is 3. The number of aliphatic carboxylic acids is 1. The molecule has 4 N–H and O–H groups in total. The van der Waals surface area contributed by atoms with Gasteiger partial charge < -0.3 is 21.1 Å². The molecular formula is C9H15N3O5S. The first-order valence-corrected chi connectivity index (χ1v) is 5.71. The Balaban J connectivity index is 3.67. The van der Waals surface area contributed by atoms with Gasteiger partial charge >= 0.3 is 5.97 Å². The molecule has 0 aliphatic carbocycles. The molecule has 0 atom stereocenters. The van der Waals surface area contributed by atoms with Crippen LogP contribution in [0.3, 0.4) is 0 Å². The lowest BCUT2D eigenvalue weighted by atomic mass is 10.4. The minimum Gasteiger partial charge on any atom is -0.480 e. The van der Waals surface area contributed by atoms with Crippen molar-refractivity contribution in [3.8, 4) is 0 Å². The lowest BCUT2D eigenvalue weighted by Crippen LogP contribution is -2.42. The van der Waals surface area contributed by atoms with Crippen LogP contribution in [0.15, 0.2) is 0 Å². The second-order valence-corrected chi connectivity index (χ2v) is 3.64. The largest absolute Gasteiger partial charge is 0.480 e. The number of hydrogen-bond acceptors (Lipinski definition) is 5.